The number of anilines is 2. The third kappa shape index (κ3) is 3.11. The van der Waals surface area contributed by atoms with Crippen LogP contribution in [0.25, 0.3) is 0 Å². The molecule has 1 aromatic carbocycles. The number of nitrogens with one attached hydrogen (secondary N) is 2. The molecule has 0 saturated carbocycles. The molecular formula is C14H14BrClN4. The van der Waals surface area contributed by atoms with Crippen molar-refractivity contribution < 1.29 is 0 Å². The molecule has 0 radical (unpaired) electrons. The average molecular weight is 354 g/mol. The molecule has 0 amide bonds. The van der Waals surface area contributed by atoms with Gasteiger partial charge in [0.05, 0.1) is 5.69 Å². The summed E-state index contributed by atoms with van der Waals surface area (Å²) >= 11 is 9.70. The summed E-state index contributed by atoms with van der Waals surface area (Å²) in [6.07, 6.45) is 1.76. The number of hydrogen-bond donors (Lipinski definition) is 2. The van der Waals surface area contributed by atoms with Crippen molar-refractivity contribution in [1.29, 1.82) is 0 Å². The van der Waals surface area contributed by atoms with Crippen LogP contribution in [0.5, 0.6) is 0 Å². The molecule has 20 heavy (non-hydrogen) atoms. The Hall–Kier alpha value is -1.17. The van der Waals surface area contributed by atoms with Crippen molar-refractivity contribution >= 4 is 39.2 Å². The maximum atomic E-state index is 6.28. The van der Waals surface area contributed by atoms with E-state index in [0.717, 1.165) is 47.3 Å². The van der Waals surface area contributed by atoms with Crippen LogP contribution >= 0.6 is 27.5 Å². The highest BCUT2D eigenvalue weighted by Gasteiger charge is 2.15. The summed E-state index contributed by atoms with van der Waals surface area (Å²) in [5.41, 5.74) is 3.04. The molecule has 104 valence electrons. The van der Waals surface area contributed by atoms with Crippen molar-refractivity contribution in [1.82, 2.24) is 15.3 Å². The second kappa shape index (κ2) is 6.08. The molecular weight excluding hydrogens is 340 g/mol. The fraction of sp³-hybridized carbons (Fsp3) is 0.286. The van der Waals surface area contributed by atoms with Gasteiger partial charge in [-0.2, -0.15) is 0 Å². The summed E-state index contributed by atoms with van der Waals surface area (Å²) in [6.45, 7) is 1.85. The standard InChI is InChI=1S/C14H14BrClN4/c15-9-1-3-10(4-2-9)18-14-19-12-6-8-17-7-5-11(12)13(16)20-14/h1-4,17H,5-8H2,(H,18,19,20). The predicted octanol–water partition coefficient (Wildman–Crippen LogP) is 3.32. The van der Waals surface area contributed by atoms with E-state index in [1.807, 2.05) is 24.3 Å². The zero-order chi connectivity index (χ0) is 13.9. The zero-order valence-corrected chi connectivity index (χ0v) is 13.1. The quantitative estimate of drug-likeness (QED) is 0.813. The van der Waals surface area contributed by atoms with Crippen LogP contribution in [0.15, 0.2) is 28.7 Å². The molecule has 0 bridgehead atoms. The summed E-state index contributed by atoms with van der Waals surface area (Å²) in [7, 11) is 0. The Morgan fingerprint density at radius 2 is 1.85 bits per heavy atom. The fourth-order valence-electron chi connectivity index (χ4n) is 2.22. The molecule has 2 N–H and O–H groups in total. The Labute approximate surface area is 131 Å². The van der Waals surface area contributed by atoms with Crippen LogP contribution in [-0.2, 0) is 12.8 Å². The summed E-state index contributed by atoms with van der Waals surface area (Å²) in [6, 6.07) is 7.87. The third-order valence-corrected chi connectivity index (χ3v) is 4.07. The summed E-state index contributed by atoms with van der Waals surface area (Å²) in [5.74, 6) is 0.554. The van der Waals surface area contributed by atoms with E-state index >= 15 is 0 Å². The van der Waals surface area contributed by atoms with E-state index in [1.54, 1.807) is 0 Å². The van der Waals surface area contributed by atoms with Gasteiger partial charge in [-0.1, -0.05) is 27.5 Å². The van der Waals surface area contributed by atoms with Crippen molar-refractivity contribution in [3.8, 4) is 0 Å². The van der Waals surface area contributed by atoms with Crippen LogP contribution < -0.4 is 10.6 Å². The Balaban J connectivity index is 1.89. The summed E-state index contributed by atoms with van der Waals surface area (Å²) < 4.78 is 1.04. The van der Waals surface area contributed by atoms with Crippen LogP contribution in [-0.4, -0.2) is 23.1 Å². The van der Waals surface area contributed by atoms with E-state index in [9.17, 15) is 0 Å². The van der Waals surface area contributed by atoms with Crippen molar-refractivity contribution in [2.45, 2.75) is 12.8 Å². The summed E-state index contributed by atoms with van der Waals surface area (Å²) in [4.78, 5) is 8.94. The van der Waals surface area contributed by atoms with E-state index in [0.29, 0.717) is 11.1 Å². The van der Waals surface area contributed by atoms with Crippen molar-refractivity contribution in [2.75, 3.05) is 18.4 Å². The zero-order valence-electron chi connectivity index (χ0n) is 10.8. The minimum absolute atomic E-state index is 0.554. The minimum Gasteiger partial charge on any atom is -0.324 e. The van der Waals surface area contributed by atoms with Crippen molar-refractivity contribution in [2.24, 2.45) is 0 Å². The van der Waals surface area contributed by atoms with Gasteiger partial charge < -0.3 is 10.6 Å². The molecule has 6 heteroatoms. The highest BCUT2D eigenvalue weighted by molar-refractivity contribution is 9.10. The van der Waals surface area contributed by atoms with Gasteiger partial charge in [-0.3, -0.25) is 0 Å². The van der Waals surface area contributed by atoms with Gasteiger partial charge in [0.25, 0.3) is 0 Å². The average Bonchev–Trinajstić information content (AvgIpc) is 2.67. The first kappa shape index (κ1) is 13.8. The maximum Gasteiger partial charge on any atom is 0.228 e. The molecule has 1 aromatic heterocycles. The largest absolute Gasteiger partial charge is 0.324 e. The number of hydrogen-bond acceptors (Lipinski definition) is 4. The number of nitrogens with zero attached hydrogens (tertiary/aromatic N) is 2. The Morgan fingerprint density at radius 3 is 2.65 bits per heavy atom. The second-order valence-corrected chi connectivity index (χ2v) is 5.92. The number of fused-ring (bicyclic) bond motifs is 1. The first-order valence-corrected chi connectivity index (χ1v) is 7.68. The molecule has 4 nitrogen and oxygen atoms in total. The van der Waals surface area contributed by atoms with Gasteiger partial charge in [-0.25, -0.2) is 9.97 Å². The molecule has 1 aliphatic rings. The molecule has 0 atom stereocenters. The number of halogens is 2. The van der Waals surface area contributed by atoms with E-state index in [1.165, 1.54) is 0 Å². The number of aromatic nitrogens is 2. The van der Waals surface area contributed by atoms with E-state index < -0.39 is 0 Å². The lowest BCUT2D eigenvalue weighted by atomic mass is 10.1. The highest BCUT2D eigenvalue weighted by atomic mass is 79.9. The monoisotopic (exact) mass is 352 g/mol. The molecule has 1 aliphatic heterocycles. The van der Waals surface area contributed by atoms with E-state index in [2.05, 4.69) is 36.5 Å². The first-order chi connectivity index (χ1) is 9.72. The number of benzene rings is 1. The second-order valence-electron chi connectivity index (χ2n) is 4.65. The third-order valence-electron chi connectivity index (χ3n) is 3.23. The van der Waals surface area contributed by atoms with Gasteiger partial charge >= 0.3 is 0 Å². The molecule has 0 saturated heterocycles. The van der Waals surface area contributed by atoms with Crippen LogP contribution in [0, 0.1) is 0 Å². The molecule has 0 fully saturated rings. The highest BCUT2D eigenvalue weighted by Crippen LogP contribution is 2.23. The molecule has 0 spiro atoms. The molecule has 2 heterocycles. The Morgan fingerprint density at radius 1 is 1.10 bits per heavy atom. The van der Waals surface area contributed by atoms with Crippen LogP contribution in [0.3, 0.4) is 0 Å². The Bertz CT molecular complexity index is 615. The molecule has 2 aromatic rings. The van der Waals surface area contributed by atoms with Gasteiger partial charge in [-0.15, -0.1) is 0 Å². The van der Waals surface area contributed by atoms with Gasteiger partial charge in [0.15, 0.2) is 0 Å². The maximum absolute atomic E-state index is 6.28. The van der Waals surface area contributed by atoms with Crippen LogP contribution in [0.4, 0.5) is 11.6 Å². The predicted molar refractivity (Wildman–Crippen MR) is 84.7 cm³/mol. The van der Waals surface area contributed by atoms with Gasteiger partial charge in [0.1, 0.15) is 5.15 Å². The molecule has 0 unspecified atom stereocenters. The Kier molecular flexibility index (Phi) is 4.19. The van der Waals surface area contributed by atoms with Gasteiger partial charge in [-0.05, 0) is 37.2 Å². The lowest BCUT2D eigenvalue weighted by Crippen LogP contribution is -2.16. The molecule has 0 aliphatic carbocycles. The van der Waals surface area contributed by atoms with E-state index in [4.69, 9.17) is 11.6 Å². The lowest BCUT2D eigenvalue weighted by molar-refractivity contribution is 0.708. The first-order valence-electron chi connectivity index (χ1n) is 6.51. The van der Waals surface area contributed by atoms with Crippen molar-refractivity contribution in [3.63, 3.8) is 0 Å². The SMILES string of the molecule is Clc1nc(Nc2ccc(Br)cc2)nc2c1CCNCC2. The topological polar surface area (TPSA) is 49.8 Å². The summed E-state index contributed by atoms with van der Waals surface area (Å²) in [5, 5.41) is 7.09. The lowest BCUT2D eigenvalue weighted by Gasteiger charge is -2.10. The minimum atomic E-state index is 0.554. The van der Waals surface area contributed by atoms with E-state index in [-0.39, 0.29) is 0 Å². The van der Waals surface area contributed by atoms with Crippen molar-refractivity contribution in [3.05, 3.63) is 45.1 Å². The van der Waals surface area contributed by atoms with Crippen LogP contribution in [0.2, 0.25) is 5.15 Å². The fourth-order valence-corrected chi connectivity index (χ4v) is 2.77. The number of rotatable bonds is 2. The van der Waals surface area contributed by atoms with Gasteiger partial charge in [0.2, 0.25) is 5.95 Å². The van der Waals surface area contributed by atoms with Crippen LogP contribution in [0.1, 0.15) is 11.3 Å². The van der Waals surface area contributed by atoms with Gasteiger partial charge in [0, 0.05) is 28.7 Å². The molecule has 3 rings (SSSR count). The normalized spacial score (nSPS) is 14.5. The smallest absolute Gasteiger partial charge is 0.228 e.